The van der Waals surface area contributed by atoms with Gasteiger partial charge in [-0.3, -0.25) is 5.10 Å². The number of nitrogens with zero attached hydrogens (tertiary/aromatic N) is 5. The fraction of sp³-hybridized carbons (Fsp3) is 0.550. The molecule has 0 spiro atoms. The van der Waals surface area contributed by atoms with Crippen LogP contribution in [0.1, 0.15) is 50.0 Å². The molecule has 1 saturated carbocycles. The molecule has 30 heavy (non-hydrogen) atoms. The first-order chi connectivity index (χ1) is 14.5. The minimum absolute atomic E-state index is 0.115. The van der Waals surface area contributed by atoms with Gasteiger partial charge in [0.15, 0.2) is 17.1 Å². The molecule has 10 heteroatoms. The van der Waals surface area contributed by atoms with E-state index in [-0.39, 0.29) is 11.9 Å². The summed E-state index contributed by atoms with van der Waals surface area (Å²) in [7, 11) is 2.96. The highest BCUT2D eigenvalue weighted by Crippen LogP contribution is 2.40. The van der Waals surface area contributed by atoms with Crippen molar-refractivity contribution >= 4 is 28.6 Å². The number of hydrogen-bond donors (Lipinski definition) is 2. The van der Waals surface area contributed by atoms with Crippen molar-refractivity contribution in [2.45, 2.75) is 57.6 Å². The molecule has 3 heterocycles. The monoisotopic (exact) mass is 413 g/mol. The van der Waals surface area contributed by atoms with Gasteiger partial charge in [-0.05, 0) is 39.5 Å². The van der Waals surface area contributed by atoms with Crippen LogP contribution >= 0.6 is 0 Å². The maximum absolute atomic E-state index is 12.2. The average Bonchev–Trinajstić information content (AvgIpc) is 3.38. The number of aromatic amines is 1. The first-order valence-electron chi connectivity index (χ1n) is 10.2. The summed E-state index contributed by atoms with van der Waals surface area (Å²) < 4.78 is 12.4. The van der Waals surface area contributed by atoms with Crippen molar-refractivity contribution in [1.82, 2.24) is 29.9 Å². The zero-order chi connectivity index (χ0) is 21.3. The first kappa shape index (κ1) is 20.3. The van der Waals surface area contributed by atoms with Gasteiger partial charge >= 0.3 is 5.97 Å². The zero-order valence-electron chi connectivity index (χ0n) is 17.7. The van der Waals surface area contributed by atoms with E-state index in [2.05, 4.69) is 20.6 Å². The van der Waals surface area contributed by atoms with E-state index in [0.717, 1.165) is 35.4 Å². The number of aromatic nitrogens is 6. The lowest BCUT2D eigenvalue weighted by atomic mass is 9.78. The van der Waals surface area contributed by atoms with E-state index in [0.29, 0.717) is 31.0 Å². The van der Waals surface area contributed by atoms with Gasteiger partial charge in [-0.1, -0.05) is 0 Å². The van der Waals surface area contributed by atoms with Crippen molar-refractivity contribution in [2.75, 3.05) is 19.5 Å². The molecular weight excluding hydrogens is 386 g/mol. The molecule has 0 aromatic carbocycles. The average molecular weight is 413 g/mol. The van der Waals surface area contributed by atoms with Crippen molar-refractivity contribution in [2.24, 2.45) is 0 Å². The molecule has 1 aliphatic carbocycles. The van der Waals surface area contributed by atoms with E-state index in [1.165, 1.54) is 7.11 Å². The van der Waals surface area contributed by atoms with E-state index in [4.69, 9.17) is 19.4 Å². The molecule has 160 valence electrons. The maximum Gasteiger partial charge on any atom is 0.338 e. The third kappa shape index (κ3) is 3.51. The van der Waals surface area contributed by atoms with Gasteiger partial charge in [0.1, 0.15) is 11.6 Å². The summed E-state index contributed by atoms with van der Waals surface area (Å²) in [6, 6.07) is 1.92. The summed E-state index contributed by atoms with van der Waals surface area (Å²) in [6.45, 7) is 4.68. The first-order valence-corrected chi connectivity index (χ1v) is 10.2. The zero-order valence-corrected chi connectivity index (χ0v) is 17.7. The second kappa shape index (κ2) is 8.02. The topological polar surface area (TPSA) is 120 Å². The van der Waals surface area contributed by atoms with E-state index >= 15 is 0 Å². The number of anilines is 2. The molecule has 10 nitrogen and oxygen atoms in total. The fourth-order valence-electron chi connectivity index (χ4n) is 4.10. The molecule has 0 bridgehead atoms. The molecule has 4 rings (SSSR count). The summed E-state index contributed by atoms with van der Waals surface area (Å²) >= 11 is 0. The smallest absolute Gasteiger partial charge is 0.338 e. The van der Waals surface area contributed by atoms with Crippen LogP contribution in [0, 0.1) is 6.92 Å². The van der Waals surface area contributed by atoms with Gasteiger partial charge < -0.3 is 14.8 Å². The highest BCUT2D eigenvalue weighted by Gasteiger charge is 2.44. The van der Waals surface area contributed by atoms with Crippen LogP contribution in [0.3, 0.4) is 0 Å². The van der Waals surface area contributed by atoms with Crippen LogP contribution in [0.4, 0.5) is 11.6 Å². The number of carbonyl (C=O) groups excluding carboxylic acids is 1. The maximum atomic E-state index is 12.2. The van der Waals surface area contributed by atoms with Crippen LogP contribution < -0.4 is 5.32 Å². The van der Waals surface area contributed by atoms with Gasteiger partial charge in [-0.25, -0.2) is 19.4 Å². The molecule has 3 aromatic heterocycles. The molecule has 0 saturated heterocycles. The molecule has 0 radical (unpaired) electrons. The third-order valence-electron chi connectivity index (χ3n) is 5.87. The van der Waals surface area contributed by atoms with Crippen molar-refractivity contribution in [3.8, 4) is 0 Å². The summed E-state index contributed by atoms with van der Waals surface area (Å²) in [5, 5.41) is 15.8. The number of methoxy groups -OCH3 is 2. The molecule has 2 N–H and O–H groups in total. The predicted molar refractivity (Wildman–Crippen MR) is 111 cm³/mol. The number of esters is 1. The second-order valence-electron chi connectivity index (χ2n) is 7.65. The van der Waals surface area contributed by atoms with Crippen molar-refractivity contribution in [3.63, 3.8) is 0 Å². The molecule has 1 aliphatic rings. The van der Waals surface area contributed by atoms with Gasteiger partial charge in [0.2, 0.25) is 0 Å². The Labute approximate surface area is 174 Å². The van der Waals surface area contributed by atoms with Crippen LogP contribution in [0.5, 0.6) is 0 Å². The van der Waals surface area contributed by atoms with E-state index in [1.54, 1.807) is 13.3 Å². The third-order valence-corrected chi connectivity index (χ3v) is 5.87. The number of carbonyl (C=O) groups is 1. The fourth-order valence-corrected chi connectivity index (χ4v) is 4.10. The van der Waals surface area contributed by atoms with Crippen molar-refractivity contribution < 1.29 is 14.3 Å². The Hall–Kier alpha value is -3.01. The molecule has 0 unspecified atom stereocenters. The SMILES string of the molecule is CCn1ncc2c(Nc3cc(C)[nH]n3)nc(C3CCC(OC)(C(=O)OC)CC3)nc21. The number of aryl methyl sites for hydroxylation is 2. The van der Waals surface area contributed by atoms with Crippen LogP contribution in [0.25, 0.3) is 11.0 Å². The van der Waals surface area contributed by atoms with E-state index in [1.807, 2.05) is 24.6 Å². The molecule has 3 aromatic rings. The summed E-state index contributed by atoms with van der Waals surface area (Å²) in [5.41, 5.74) is 0.862. The molecule has 1 fully saturated rings. The van der Waals surface area contributed by atoms with E-state index in [9.17, 15) is 4.79 Å². The number of nitrogens with one attached hydrogen (secondary N) is 2. The Morgan fingerprint density at radius 1 is 1.33 bits per heavy atom. The largest absolute Gasteiger partial charge is 0.467 e. The highest BCUT2D eigenvalue weighted by molar-refractivity contribution is 5.88. The predicted octanol–water partition coefficient (Wildman–Crippen LogP) is 2.84. The van der Waals surface area contributed by atoms with Crippen molar-refractivity contribution in [1.29, 1.82) is 0 Å². The van der Waals surface area contributed by atoms with Gasteiger partial charge in [0, 0.05) is 31.3 Å². The number of ether oxygens (including phenoxy) is 2. The second-order valence-corrected chi connectivity index (χ2v) is 7.65. The van der Waals surface area contributed by atoms with Gasteiger partial charge in [0.25, 0.3) is 0 Å². The summed E-state index contributed by atoms with van der Waals surface area (Å²) in [4.78, 5) is 21.9. The van der Waals surface area contributed by atoms with Gasteiger partial charge in [-0.2, -0.15) is 10.2 Å². The number of rotatable bonds is 6. The van der Waals surface area contributed by atoms with Gasteiger partial charge in [0.05, 0.1) is 18.7 Å². The quantitative estimate of drug-likeness (QED) is 0.592. The molecule has 0 aliphatic heterocycles. The minimum Gasteiger partial charge on any atom is -0.467 e. The Morgan fingerprint density at radius 2 is 2.10 bits per heavy atom. The molecule has 0 atom stereocenters. The Morgan fingerprint density at radius 3 is 2.70 bits per heavy atom. The lowest BCUT2D eigenvalue weighted by molar-refractivity contribution is -0.170. The Bertz CT molecular complexity index is 1050. The van der Waals surface area contributed by atoms with Gasteiger partial charge in [-0.15, -0.1) is 0 Å². The lowest BCUT2D eigenvalue weighted by Crippen LogP contribution is -2.44. The van der Waals surface area contributed by atoms with Crippen LogP contribution in [0.2, 0.25) is 0 Å². The normalized spacial score (nSPS) is 21.7. The minimum atomic E-state index is -0.881. The standard InChI is InChI=1S/C20H27N7O3/c1-5-27-18-14(11-21-27)17(22-15-10-12(2)25-26-15)23-16(24-18)13-6-8-20(30-4,9-7-13)19(28)29-3/h10-11,13H,5-9H2,1-4H3,(H2,22,23,24,25,26). The van der Waals surface area contributed by atoms with Crippen LogP contribution in [0.15, 0.2) is 12.3 Å². The molecular formula is C20H27N7O3. The number of fused-ring (bicyclic) bond motifs is 1. The molecule has 0 amide bonds. The van der Waals surface area contributed by atoms with Crippen molar-refractivity contribution in [3.05, 3.63) is 23.8 Å². The van der Waals surface area contributed by atoms with Crippen LogP contribution in [-0.4, -0.2) is 55.7 Å². The van der Waals surface area contributed by atoms with Crippen LogP contribution in [-0.2, 0) is 20.8 Å². The number of hydrogen-bond acceptors (Lipinski definition) is 8. The summed E-state index contributed by atoms with van der Waals surface area (Å²) in [5.74, 6) is 1.90. The Balaban J connectivity index is 1.67. The van der Waals surface area contributed by atoms with E-state index < -0.39 is 5.60 Å². The summed E-state index contributed by atoms with van der Waals surface area (Å²) in [6.07, 6.45) is 4.37. The lowest BCUT2D eigenvalue weighted by Gasteiger charge is -2.36. The highest BCUT2D eigenvalue weighted by atomic mass is 16.6. The number of H-pyrrole nitrogens is 1. The Kier molecular flexibility index (Phi) is 5.42.